The van der Waals surface area contributed by atoms with E-state index in [0.717, 1.165) is 0 Å². The minimum absolute atomic E-state index is 0.0145. The smallest absolute Gasteiger partial charge is 0.335 e. The zero-order chi connectivity index (χ0) is 21.7. The second kappa shape index (κ2) is 8.66. The lowest BCUT2D eigenvalue weighted by atomic mass is 10.2. The maximum atomic E-state index is 12.5. The van der Waals surface area contributed by atoms with E-state index in [2.05, 4.69) is 10.0 Å². The van der Waals surface area contributed by atoms with Gasteiger partial charge >= 0.3 is 5.97 Å². The van der Waals surface area contributed by atoms with Gasteiger partial charge in [-0.05, 0) is 60.7 Å². The number of ether oxygens (including phenoxy) is 1. The van der Waals surface area contributed by atoms with Crippen molar-refractivity contribution in [2.24, 2.45) is 0 Å². The van der Waals surface area contributed by atoms with Crippen LogP contribution in [-0.2, 0) is 10.0 Å². The third-order valence-corrected chi connectivity index (χ3v) is 5.56. The minimum Gasteiger partial charge on any atom is -0.495 e. The molecule has 0 atom stereocenters. The van der Waals surface area contributed by atoms with E-state index in [1.807, 2.05) is 0 Å². The van der Waals surface area contributed by atoms with Gasteiger partial charge in [-0.1, -0.05) is 12.1 Å². The quantitative estimate of drug-likeness (QED) is 0.532. The fraction of sp³-hybridized carbons (Fsp3) is 0.0476. The van der Waals surface area contributed by atoms with Crippen LogP contribution < -0.4 is 14.8 Å². The van der Waals surface area contributed by atoms with E-state index >= 15 is 0 Å². The third kappa shape index (κ3) is 4.76. The predicted molar refractivity (Wildman–Crippen MR) is 112 cm³/mol. The van der Waals surface area contributed by atoms with Crippen LogP contribution in [0.3, 0.4) is 0 Å². The molecule has 3 N–H and O–H groups in total. The van der Waals surface area contributed by atoms with Crippen LogP contribution in [-0.4, -0.2) is 32.5 Å². The normalized spacial score (nSPS) is 10.8. The maximum Gasteiger partial charge on any atom is 0.335 e. The van der Waals surface area contributed by atoms with Crippen LogP contribution in [0.2, 0.25) is 0 Å². The Morgan fingerprint density at radius 2 is 1.47 bits per heavy atom. The first-order chi connectivity index (χ1) is 14.3. The van der Waals surface area contributed by atoms with Gasteiger partial charge in [0.05, 0.1) is 23.3 Å². The molecule has 30 heavy (non-hydrogen) atoms. The number of rotatable bonds is 7. The van der Waals surface area contributed by atoms with Crippen LogP contribution in [0.1, 0.15) is 20.7 Å². The summed E-state index contributed by atoms with van der Waals surface area (Å²) in [4.78, 5) is 23.2. The highest BCUT2D eigenvalue weighted by atomic mass is 32.2. The molecule has 0 saturated heterocycles. The summed E-state index contributed by atoms with van der Waals surface area (Å²) in [6.07, 6.45) is 0. The van der Waals surface area contributed by atoms with E-state index < -0.39 is 16.0 Å². The van der Waals surface area contributed by atoms with Gasteiger partial charge in [0.2, 0.25) is 0 Å². The average molecular weight is 426 g/mol. The average Bonchev–Trinajstić information content (AvgIpc) is 2.74. The molecule has 3 rings (SSSR count). The molecule has 154 valence electrons. The van der Waals surface area contributed by atoms with Gasteiger partial charge in [0, 0.05) is 11.3 Å². The summed E-state index contributed by atoms with van der Waals surface area (Å²) in [6, 6.07) is 17.7. The number of anilines is 2. The Labute approximate surface area is 173 Å². The highest BCUT2D eigenvalue weighted by Gasteiger charge is 2.16. The van der Waals surface area contributed by atoms with Gasteiger partial charge in [-0.25, -0.2) is 13.2 Å². The summed E-state index contributed by atoms with van der Waals surface area (Å²) in [5.41, 5.74) is 1.08. The van der Waals surface area contributed by atoms with Crippen molar-refractivity contribution in [3.63, 3.8) is 0 Å². The molecule has 0 heterocycles. The Morgan fingerprint density at radius 3 is 2.07 bits per heavy atom. The number of carboxylic acid groups (broad SMARTS) is 1. The summed E-state index contributed by atoms with van der Waals surface area (Å²) >= 11 is 0. The monoisotopic (exact) mass is 426 g/mol. The first kappa shape index (κ1) is 20.9. The fourth-order valence-corrected chi connectivity index (χ4v) is 3.68. The number of sulfonamides is 1. The predicted octanol–water partition coefficient (Wildman–Crippen LogP) is 3.45. The number of hydrogen-bond donors (Lipinski definition) is 3. The molecule has 3 aromatic rings. The topological polar surface area (TPSA) is 122 Å². The number of methoxy groups -OCH3 is 1. The molecule has 0 bridgehead atoms. The Kier molecular flexibility index (Phi) is 6.03. The molecule has 0 fully saturated rings. The molecular formula is C21H18N2O6S. The summed E-state index contributed by atoms with van der Waals surface area (Å²) in [5, 5.41) is 11.6. The van der Waals surface area contributed by atoms with Gasteiger partial charge in [-0.15, -0.1) is 0 Å². The highest BCUT2D eigenvalue weighted by Crippen LogP contribution is 2.24. The Hall–Kier alpha value is -3.85. The molecule has 9 heteroatoms. The summed E-state index contributed by atoms with van der Waals surface area (Å²) in [6.45, 7) is 0. The molecule has 3 aromatic carbocycles. The molecule has 0 aliphatic rings. The third-order valence-electron chi connectivity index (χ3n) is 4.17. The van der Waals surface area contributed by atoms with Crippen LogP contribution in [0.4, 0.5) is 11.4 Å². The number of carbonyl (C=O) groups excluding carboxylic acids is 1. The summed E-state index contributed by atoms with van der Waals surface area (Å²) in [5.74, 6) is -1.00. The highest BCUT2D eigenvalue weighted by molar-refractivity contribution is 7.92. The largest absolute Gasteiger partial charge is 0.495 e. The standard InChI is InChI=1S/C21H18N2O6S/c1-29-19-5-3-2-4-18(19)22-20(24)14-6-10-16(11-7-14)23-30(27,28)17-12-8-15(9-13-17)21(25)26/h2-13,23H,1H3,(H,22,24)(H,25,26). The van der Waals surface area contributed by atoms with Gasteiger partial charge in [-0.2, -0.15) is 0 Å². The fourth-order valence-electron chi connectivity index (χ4n) is 2.62. The van der Waals surface area contributed by atoms with E-state index in [0.29, 0.717) is 17.0 Å². The van der Waals surface area contributed by atoms with Gasteiger partial charge in [0.15, 0.2) is 0 Å². The van der Waals surface area contributed by atoms with Crippen LogP contribution in [0, 0.1) is 0 Å². The number of para-hydroxylation sites is 2. The maximum absolute atomic E-state index is 12.5. The zero-order valence-electron chi connectivity index (χ0n) is 15.8. The Balaban J connectivity index is 1.72. The minimum atomic E-state index is -3.91. The van der Waals surface area contributed by atoms with Crippen molar-refractivity contribution in [3.05, 3.63) is 83.9 Å². The van der Waals surface area contributed by atoms with E-state index in [-0.39, 0.29) is 22.1 Å². The summed E-state index contributed by atoms with van der Waals surface area (Å²) < 4.78 is 32.5. The summed E-state index contributed by atoms with van der Waals surface area (Å²) in [7, 11) is -2.41. The number of hydrogen-bond acceptors (Lipinski definition) is 5. The number of aromatic carboxylic acids is 1. The van der Waals surface area contributed by atoms with E-state index in [4.69, 9.17) is 9.84 Å². The number of carbonyl (C=O) groups is 2. The van der Waals surface area contributed by atoms with E-state index in [1.165, 1.54) is 55.6 Å². The second-order valence-corrected chi connectivity index (χ2v) is 7.85. The van der Waals surface area contributed by atoms with Crippen molar-refractivity contribution in [3.8, 4) is 5.75 Å². The number of benzene rings is 3. The van der Waals surface area contributed by atoms with Gasteiger partial charge < -0.3 is 15.2 Å². The number of amides is 1. The van der Waals surface area contributed by atoms with Crippen LogP contribution >= 0.6 is 0 Å². The van der Waals surface area contributed by atoms with Crippen molar-refractivity contribution in [1.82, 2.24) is 0 Å². The lowest BCUT2D eigenvalue weighted by Gasteiger charge is -2.11. The first-order valence-corrected chi connectivity index (χ1v) is 10.2. The Morgan fingerprint density at radius 1 is 0.867 bits per heavy atom. The molecule has 0 unspecified atom stereocenters. The molecule has 1 amide bonds. The molecule has 0 spiro atoms. The van der Waals surface area contributed by atoms with Gasteiger partial charge in [0.1, 0.15) is 5.75 Å². The SMILES string of the molecule is COc1ccccc1NC(=O)c1ccc(NS(=O)(=O)c2ccc(C(=O)O)cc2)cc1. The number of nitrogens with one attached hydrogen (secondary N) is 2. The molecule has 8 nitrogen and oxygen atoms in total. The molecular weight excluding hydrogens is 408 g/mol. The first-order valence-electron chi connectivity index (χ1n) is 8.71. The van der Waals surface area contributed by atoms with Crippen molar-refractivity contribution in [2.45, 2.75) is 4.90 Å². The van der Waals surface area contributed by atoms with Crippen LogP contribution in [0.25, 0.3) is 0 Å². The number of carboxylic acids is 1. The zero-order valence-corrected chi connectivity index (χ0v) is 16.6. The van der Waals surface area contributed by atoms with Crippen molar-refractivity contribution in [2.75, 3.05) is 17.1 Å². The van der Waals surface area contributed by atoms with Crippen molar-refractivity contribution >= 4 is 33.3 Å². The lowest BCUT2D eigenvalue weighted by Crippen LogP contribution is -2.14. The van der Waals surface area contributed by atoms with Crippen LogP contribution in [0.5, 0.6) is 5.75 Å². The van der Waals surface area contributed by atoms with E-state index in [1.54, 1.807) is 24.3 Å². The second-order valence-electron chi connectivity index (χ2n) is 6.17. The molecule has 0 radical (unpaired) electrons. The van der Waals surface area contributed by atoms with Crippen molar-refractivity contribution in [1.29, 1.82) is 0 Å². The van der Waals surface area contributed by atoms with Gasteiger partial charge in [-0.3, -0.25) is 9.52 Å². The molecule has 0 saturated carbocycles. The van der Waals surface area contributed by atoms with Crippen molar-refractivity contribution < 1.29 is 27.9 Å². The van der Waals surface area contributed by atoms with Crippen LogP contribution in [0.15, 0.2) is 77.7 Å². The molecule has 0 aromatic heterocycles. The molecule has 0 aliphatic carbocycles. The lowest BCUT2D eigenvalue weighted by molar-refractivity contribution is 0.0696. The Bertz CT molecular complexity index is 1170. The molecule has 0 aliphatic heterocycles. The van der Waals surface area contributed by atoms with E-state index in [9.17, 15) is 18.0 Å². The van der Waals surface area contributed by atoms with Gasteiger partial charge in [0.25, 0.3) is 15.9 Å².